The second-order valence-electron chi connectivity index (χ2n) is 2.13. The van der Waals surface area contributed by atoms with E-state index in [0.717, 1.165) is 5.69 Å². The van der Waals surface area contributed by atoms with Gasteiger partial charge in [0.25, 0.3) is 0 Å². The number of nitrogen functional groups attached to an aromatic ring is 1. The second kappa shape index (κ2) is 2.60. The van der Waals surface area contributed by atoms with Crippen molar-refractivity contribution in [3.05, 3.63) is 24.3 Å². The van der Waals surface area contributed by atoms with Crippen molar-refractivity contribution in [2.75, 3.05) is 24.7 Å². The Kier molecular flexibility index (Phi) is 1.20. The van der Waals surface area contributed by atoms with Crippen molar-refractivity contribution in [2.24, 2.45) is 0 Å². The van der Waals surface area contributed by atoms with E-state index in [9.17, 15) is 0 Å². The van der Waals surface area contributed by atoms with Gasteiger partial charge in [0.2, 0.25) is 0 Å². The van der Waals surface area contributed by atoms with E-state index in [1.165, 1.54) is 0 Å². The van der Waals surface area contributed by atoms with Gasteiger partial charge in [-0.25, -0.2) is 0 Å². The van der Waals surface area contributed by atoms with Gasteiger partial charge < -0.3 is 10.6 Å². The highest BCUT2D eigenvalue weighted by Gasteiger charge is 1.91. The maximum Gasteiger partial charge on any atom is 0.0456 e. The van der Waals surface area contributed by atoms with Crippen LogP contribution in [0.1, 0.15) is 2.74 Å². The summed E-state index contributed by atoms with van der Waals surface area (Å²) in [5, 5.41) is 0. The predicted molar refractivity (Wildman–Crippen MR) is 45.2 cm³/mol. The largest absolute Gasteiger partial charge is 0.399 e. The van der Waals surface area contributed by atoms with Crippen LogP contribution < -0.4 is 10.6 Å². The van der Waals surface area contributed by atoms with E-state index in [4.69, 9.17) is 8.48 Å². The molecule has 2 N–H and O–H groups in total. The third kappa shape index (κ3) is 1.41. The Bertz CT molecular complexity index is 231. The first-order valence-corrected chi connectivity index (χ1v) is 2.97. The van der Waals surface area contributed by atoms with Crippen molar-refractivity contribution >= 4 is 11.4 Å². The number of anilines is 2. The quantitative estimate of drug-likeness (QED) is 0.596. The molecule has 0 spiro atoms. The molecule has 0 aliphatic heterocycles. The van der Waals surface area contributed by atoms with Gasteiger partial charge in [-0.3, -0.25) is 0 Å². The summed E-state index contributed by atoms with van der Waals surface area (Å²) in [7, 11) is 0.209. The van der Waals surface area contributed by atoms with Crippen LogP contribution in [-0.4, -0.2) is 14.0 Å². The van der Waals surface area contributed by atoms with Crippen LogP contribution in [0.5, 0.6) is 0 Å². The Morgan fingerprint density at radius 1 is 1.30 bits per heavy atom. The van der Waals surface area contributed by atoms with Crippen molar-refractivity contribution in [1.82, 2.24) is 0 Å². The van der Waals surface area contributed by atoms with Crippen molar-refractivity contribution in [3.63, 3.8) is 0 Å². The number of nitrogens with two attached hydrogens (primary N) is 1. The maximum absolute atomic E-state index is 7.13. The molecule has 1 rings (SSSR count). The van der Waals surface area contributed by atoms with Gasteiger partial charge in [0.05, 0.1) is 0 Å². The second-order valence-corrected chi connectivity index (χ2v) is 2.13. The van der Waals surface area contributed by atoms with E-state index in [1.54, 1.807) is 17.0 Å². The molecule has 1 aromatic carbocycles. The van der Waals surface area contributed by atoms with Crippen LogP contribution in [0.3, 0.4) is 0 Å². The fourth-order valence-corrected chi connectivity index (χ4v) is 0.685. The van der Waals surface area contributed by atoms with E-state index in [-0.39, 0.29) is 14.0 Å². The summed E-state index contributed by atoms with van der Waals surface area (Å²) in [6.07, 6.45) is 0. The predicted octanol–water partition coefficient (Wildman–Crippen LogP) is 1.33. The molecule has 0 atom stereocenters. The van der Waals surface area contributed by atoms with Crippen molar-refractivity contribution in [3.8, 4) is 0 Å². The molecule has 54 valence electrons. The molecule has 0 aliphatic carbocycles. The van der Waals surface area contributed by atoms with Crippen LogP contribution in [-0.2, 0) is 0 Å². The Balaban J connectivity index is 2.80. The first-order valence-electron chi connectivity index (χ1n) is 4.38. The van der Waals surface area contributed by atoms with Gasteiger partial charge in [0.1, 0.15) is 0 Å². The van der Waals surface area contributed by atoms with Gasteiger partial charge in [-0.2, -0.15) is 0 Å². The topological polar surface area (TPSA) is 29.3 Å². The molecule has 2 heteroatoms. The molecule has 0 saturated carbocycles. The van der Waals surface area contributed by atoms with Crippen molar-refractivity contribution < 1.29 is 2.74 Å². The zero-order chi connectivity index (χ0) is 8.97. The molecule has 1 aromatic rings. The third-order valence-electron chi connectivity index (χ3n) is 1.26. The molecule has 0 bridgehead atoms. The maximum atomic E-state index is 7.13. The van der Waals surface area contributed by atoms with E-state index >= 15 is 0 Å². The van der Waals surface area contributed by atoms with Gasteiger partial charge in [0.15, 0.2) is 0 Å². The lowest BCUT2D eigenvalue weighted by molar-refractivity contribution is 1.13. The van der Waals surface area contributed by atoms with Gasteiger partial charge in [0, 0.05) is 28.2 Å². The average Bonchev–Trinajstić information content (AvgIpc) is 2.10. The normalized spacial score (nSPS) is 12.0. The molecule has 10 heavy (non-hydrogen) atoms. The molecule has 2 nitrogen and oxygen atoms in total. The van der Waals surface area contributed by atoms with Crippen molar-refractivity contribution in [1.29, 1.82) is 0 Å². The summed E-state index contributed by atoms with van der Waals surface area (Å²) in [6.45, 7) is 0. The summed E-state index contributed by atoms with van der Waals surface area (Å²) in [5.41, 5.74) is 7.07. The zero-order valence-corrected chi connectivity index (χ0v) is 5.75. The molecular weight excluding hydrogens is 124 g/mol. The molecule has 0 fully saturated rings. The van der Waals surface area contributed by atoms with Crippen LogP contribution in [0.15, 0.2) is 24.3 Å². The molecule has 0 aliphatic rings. The summed E-state index contributed by atoms with van der Waals surface area (Å²) in [5.74, 6) is 0. The van der Waals surface area contributed by atoms with Crippen LogP contribution >= 0.6 is 0 Å². The molecule has 0 radical (unpaired) electrons. The minimum absolute atomic E-state index is 0.105. The van der Waals surface area contributed by atoms with E-state index < -0.39 is 0 Å². The Hall–Kier alpha value is -1.18. The summed E-state index contributed by atoms with van der Waals surface area (Å²) < 4.78 is 14.3. The van der Waals surface area contributed by atoms with Gasteiger partial charge >= 0.3 is 0 Å². The Morgan fingerprint density at radius 2 is 1.90 bits per heavy atom. The smallest absolute Gasteiger partial charge is 0.0456 e. The first kappa shape index (κ1) is 4.61. The van der Waals surface area contributed by atoms with Gasteiger partial charge in [-0.1, -0.05) is 0 Å². The first-order chi connectivity index (χ1) is 5.77. The van der Waals surface area contributed by atoms with Crippen LogP contribution in [0, 0.1) is 0 Å². The number of hydrogen-bond donors (Lipinski definition) is 1. The summed E-state index contributed by atoms with van der Waals surface area (Å²) in [6, 6.07) is 7.18. The van der Waals surface area contributed by atoms with E-state index in [2.05, 4.69) is 0 Å². The Labute approximate surface area is 64.1 Å². The number of benzene rings is 1. The monoisotopic (exact) mass is 140 g/mol. The molecule has 0 amide bonds. The minimum Gasteiger partial charge on any atom is -0.399 e. The van der Waals surface area contributed by atoms with Crippen LogP contribution in [0.25, 0.3) is 0 Å². The molecule has 0 heterocycles. The molecule has 0 unspecified atom stereocenters. The summed E-state index contributed by atoms with van der Waals surface area (Å²) in [4.78, 5) is 1.62. The molecule has 0 aromatic heterocycles. The van der Waals surface area contributed by atoms with Gasteiger partial charge in [-0.05, 0) is 24.3 Å². The highest BCUT2D eigenvalue weighted by Crippen LogP contribution is 2.12. The lowest BCUT2D eigenvalue weighted by Gasteiger charge is -2.11. The lowest BCUT2D eigenvalue weighted by Crippen LogP contribution is -2.08. The SMILES string of the molecule is [3H]CN(C[3H])c1ccc(N)cc1. The highest BCUT2D eigenvalue weighted by molar-refractivity contribution is 5.51. The van der Waals surface area contributed by atoms with Crippen LogP contribution in [0.2, 0.25) is 0 Å². The minimum atomic E-state index is 0.105. The lowest BCUT2D eigenvalue weighted by atomic mass is 10.3. The Morgan fingerprint density at radius 3 is 2.40 bits per heavy atom. The fraction of sp³-hybridized carbons (Fsp3) is 0.250. The number of nitrogens with zero attached hydrogens (tertiary/aromatic N) is 1. The fourth-order valence-electron chi connectivity index (χ4n) is 0.685. The number of rotatable bonds is 1. The van der Waals surface area contributed by atoms with Crippen LogP contribution in [0.4, 0.5) is 11.4 Å². The molecule has 0 saturated heterocycles. The van der Waals surface area contributed by atoms with Gasteiger partial charge in [-0.15, -0.1) is 0 Å². The van der Waals surface area contributed by atoms with E-state index in [0.29, 0.717) is 5.69 Å². The molecular formula is C8H12N2. The highest BCUT2D eigenvalue weighted by atomic mass is 15.1. The van der Waals surface area contributed by atoms with E-state index in [1.807, 2.05) is 12.1 Å². The zero-order valence-electron chi connectivity index (χ0n) is 7.75. The van der Waals surface area contributed by atoms with Crippen molar-refractivity contribution in [2.45, 2.75) is 0 Å². The standard InChI is InChI=1S/C8H12N2/c1-10(2)8-5-3-7(9)4-6-8/h3-6H,9H2,1-2H3/i1T,2T. The third-order valence-corrected chi connectivity index (χ3v) is 1.26. The number of hydrogen-bond acceptors (Lipinski definition) is 2. The average molecular weight is 140 g/mol. The summed E-state index contributed by atoms with van der Waals surface area (Å²) >= 11 is 0.